The largest absolute Gasteiger partial charge is 0.466 e. The van der Waals surface area contributed by atoms with Gasteiger partial charge < -0.3 is 9.64 Å². The Kier molecular flexibility index (Phi) is 7.23. The van der Waals surface area contributed by atoms with Crippen LogP contribution in [0.3, 0.4) is 0 Å². The lowest BCUT2D eigenvalue weighted by atomic mass is 10.1. The molecule has 0 aliphatic carbocycles. The molecule has 0 heterocycles. The number of carbonyl (C=O) groups is 2. The van der Waals surface area contributed by atoms with Gasteiger partial charge in [0.15, 0.2) is 0 Å². The second-order valence-electron chi connectivity index (χ2n) is 5.18. The third-order valence-electron chi connectivity index (χ3n) is 2.87. The van der Waals surface area contributed by atoms with Crippen molar-refractivity contribution in [2.75, 3.05) is 19.7 Å². The highest BCUT2D eigenvalue weighted by molar-refractivity contribution is 6.33. The van der Waals surface area contributed by atoms with Crippen molar-refractivity contribution in [3.63, 3.8) is 0 Å². The standard InChI is InChI=1S/C16H22ClNO3/c1-4-21-15(19)9-10-18(11-12(2)3)16(20)13-7-5-6-8-14(13)17/h5-8,12H,4,9-11H2,1-3H3. The monoisotopic (exact) mass is 311 g/mol. The highest BCUT2D eigenvalue weighted by atomic mass is 35.5. The van der Waals surface area contributed by atoms with Gasteiger partial charge in [0.1, 0.15) is 0 Å². The molecular formula is C16H22ClNO3. The van der Waals surface area contributed by atoms with Gasteiger partial charge in [-0.15, -0.1) is 0 Å². The molecule has 0 bridgehead atoms. The zero-order valence-electron chi connectivity index (χ0n) is 12.8. The van der Waals surface area contributed by atoms with Crippen molar-refractivity contribution >= 4 is 23.5 Å². The molecule has 1 aromatic carbocycles. The van der Waals surface area contributed by atoms with Crippen molar-refractivity contribution in [3.05, 3.63) is 34.9 Å². The molecule has 1 aromatic rings. The number of amides is 1. The lowest BCUT2D eigenvalue weighted by Crippen LogP contribution is -2.36. The maximum Gasteiger partial charge on any atom is 0.307 e. The van der Waals surface area contributed by atoms with Gasteiger partial charge in [0, 0.05) is 13.1 Å². The van der Waals surface area contributed by atoms with Crippen molar-refractivity contribution in [1.29, 1.82) is 0 Å². The summed E-state index contributed by atoms with van der Waals surface area (Å²) in [6, 6.07) is 6.94. The van der Waals surface area contributed by atoms with E-state index in [0.29, 0.717) is 36.2 Å². The molecule has 0 radical (unpaired) electrons. The summed E-state index contributed by atoms with van der Waals surface area (Å²) in [5.74, 6) is -0.143. The summed E-state index contributed by atoms with van der Waals surface area (Å²) < 4.78 is 4.90. The second kappa shape index (κ2) is 8.67. The van der Waals surface area contributed by atoms with Crippen LogP contribution in [-0.2, 0) is 9.53 Å². The van der Waals surface area contributed by atoms with Crippen LogP contribution >= 0.6 is 11.6 Å². The molecule has 116 valence electrons. The van der Waals surface area contributed by atoms with Crippen LogP contribution in [0.2, 0.25) is 5.02 Å². The van der Waals surface area contributed by atoms with Gasteiger partial charge in [-0.2, -0.15) is 0 Å². The number of esters is 1. The Morgan fingerprint density at radius 1 is 1.29 bits per heavy atom. The Morgan fingerprint density at radius 2 is 1.95 bits per heavy atom. The molecule has 0 aliphatic heterocycles. The van der Waals surface area contributed by atoms with Crippen LogP contribution in [-0.4, -0.2) is 36.5 Å². The maximum atomic E-state index is 12.6. The third-order valence-corrected chi connectivity index (χ3v) is 3.20. The van der Waals surface area contributed by atoms with E-state index in [4.69, 9.17) is 16.3 Å². The molecule has 0 fully saturated rings. The fourth-order valence-electron chi connectivity index (χ4n) is 1.98. The highest BCUT2D eigenvalue weighted by Gasteiger charge is 2.20. The number of hydrogen-bond donors (Lipinski definition) is 0. The molecule has 0 aromatic heterocycles. The van der Waals surface area contributed by atoms with Crippen LogP contribution in [0.5, 0.6) is 0 Å². The van der Waals surface area contributed by atoms with E-state index in [0.717, 1.165) is 0 Å². The minimum atomic E-state index is -0.293. The summed E-state index contributed by atoms with van der Waals surface area (Å²) in [6.07, 6.45) is 0.191. The molecule has 21 heavy (non-hydrogen) atoms. The summed E-state index contributed by atoms with van der Waals surface area (Å²) in [5.41, 5.74) is 0.462. The zero-order valence-corrected chi connectivity index (χ0v) is 13.5. The number of nitrogens with zero attached hydrogens (tertiary/aromatic N) is 1. The van der Waals surface area contributed by atoms with Gasteiger partial charge in [0.2, 0.25) is 0 Å². The first-order valence-corrected chi connectivity index (χ1v) is 7.53. The number of carbonyl (C=O) groups excluding carboxylic acids is 2. The van der Waals surface area contributed by atoms with Crippen molar-refractivity contribution in [2.24, 2.45) is 5.92 Å². The molecule has 0 aliphatic rings. The lowest BCUT2D eigenvalue weighted by Gasteiger charge is -2.24. The molecule has 0 saturated carbocycles. The van der Waals surface area contributed by atoms with E-state index in [-0.39, 0.29) is 18.3 Å². The molecule has 5 heteroatoms. The number of ether oxygens (including phenoxy) is 1. The quantitative estimate of drug-likeness (QED) is 0.725. The minimum Gasteiger partial charge on any atom is -0.466 e. The number of benzene rings is 1. The Morgan fingerprint density at radius 3 is 2.52 bits per heavy atom. The summed E-state index contributed by atoms with van der Waals surface area (Å²) >= 11 is 6.07. The fourth-order valence-corrected chi connectivity index (χ4v) is 2.20. The predicted molar refractivity (Wildman–Crippen MR) is 83.4 cm³/mol. The zero-order chi connectivity index (χ0) is 15.8. The smallest absolute Gasteiger partial charge is 0.307 e. The minimum absolute atomic E-state index is 0.154. The molecule has 0 atom stereocenters. The Hall–Kier alpha value is -1.55. The average molecular weight is 312 g/mol. The van der Waals surface area contributed by atoms with E-state index >= 15 is 0 Å². The fraction of sp³-hybridized carbons (Fsp3) is 0.500. The molecule has 0 N–H and O–H groups in total. The van der Waals surface area contributed by atoms with E-state index in [2.05, 4.69) is 0 Å². The van der Waals surface area contributed by atoms with Crippen molar-refractivity contribution < 1.29 is 14.3 Å². The summed E-state index contributed by atoms with van der Waals surface area (Å²) in [4.78, 5) is 25.7. The van der Waals surface area contributed by atoms with E-state index in [9.17, 15) is 9.59 Å². The molecule has 1 rings (SSSR count). The van der Waals surface area contributed by atoms with Crippen molar-refractivity contribution in [2.45, 2.75) is 27.2 Å². The van der Waals surface area contributed by atoms with Gasteiger partial charge in [-0.05, 0) is 25.0 Å². The molecular weight excluding hydrogens is 290 g/mol. The number of hydrogen-bond acceptors (Lipinski definition) is 3. The lowest BCUT2D eigenvalue weighted by molar-refractivity contribution is -0.143. The van der Waals surface area contributed by atoms with Crippen LogP contribution in [0.1, 0.15) is 37.6 Å². The first-order valence-electron chi connectivity index (χ1n) is 7.15. The predicted octanol–water partition coefficient (Wildman–Crippen LogP) is 3.39. The number of halogens is 1. The normalized spacial score (nSPS) is 10.5. The van der Waals surface area contributed by atoms with E-state index < -0.39 is 0 Å². The van der Waals surface area contributed by atoms with Crippen LogP contribution in [0.25, 0.3) is 0 Å². The second-order valence-corrected chi connectivity index (χ2v) is 5.59. The van der Waals surface area contributed by atoms with Gasteiger partial charge in [-0.25, -0.2) is 0 Å². The van der Waals surface area contributed by atoms with E-state index in [1.165, 1.54) is 0 Å². The van der Waals surface area contributed by atoms with Gasteiger partial charge in [-0.3, -0.25) is 9.59 Å². The van der Waals surface area contributed by atoms with E-state index in [1.54, 1.807) is 36.1 Å². The molecule has 0 saturated heterocycles. The molecule has 4 nitrogen and oxygen atoms in total. The summed E-state index contributed by atoms with van der Waals surface area (Å²) in [5, 5.41) is 0.424. The van der Waals surface area contributed by atoms with Gasteiger partial charge in [0.25, 0.3) is 5.91 Å². The van der Waals surface area contributed by atoms with Crippen LogP contribution in [0.4, 0.5) is 0 Å². The summed E-state index contributed by atoms with van der Waals surface area (Å²) in [6.45, 7) is 7.07. The van der Waals surface area contributed by atoms with Crippen LogP contribution in [0.15, 0.2) is 24.3 Å². The number of rotatable bonds is 7. The van der Waals surface area contributed by atoms with Crippen molar-refractivity contribution in [1.82, 2.24) is 4.90 Å². The van der Waals surface area contributed by atoms with Gasteiger partial charge in [-0.1, -0.05) is 37.6 Å². The van der Waals surface area contributed by atoms with Gasteiger partial charge in [0.05, 0.1) is 23.6 Å². The SMILES string of the molecule is CCOC(=O)CCN(CC(C)C)C(=O)c1ccccc1Cl. The van der Waals surface area contributed by atoms with Crippen LogP contribution < -0.4 is 0 Å². The summed E-state index contributed by atoms with van der Waals surface area (Å²) in [7, 11) is 0. The van der Waals surface area contributed by atoms with Crippen LogP contribution in [0, 0.1) is 5.92 Å². The Balaban J connectivity index is 2.79. The maximum absolute atomic E-state index is 12.6. The average Bonchev–Trinajstić information content (AvgIpc) is 2.43. The van der Waals surface area contributed by atoms with E-state index in [1.807, 2.05) is 13.8 Å². The molecule has 1 amide bonds. The molecule has 0 unspecified atom stereocenters. The Bertz CT molecular complexity index is 488. The third kappa shape index (κ3) is 5.76. The first-order chi connectivity index (χ1) is 9.95. The highest BCUT2D eigenvalue weighted by Crippen LogP contribution is 2.18. The van der Waals surface area contributed by atoms with Gasteiger partial charge >= 0.3 is 5.97 Å². The van der Waals surface area contributed by atoms with Crippen molar-refractivity contribution in [3.8, 4) is 0 Å². The molecule has 0 spiro atoms. The Labute approximate surface area is 131 Å². The first kappa shape index (κ1) is 17.5. The topological polar surface area (TPSA) is 46.6 Å².